The number of nitrogens with zero attached hydrogens (tertiary/aromatic N) is 1. The maximum absolute atomic E-state index is 12.3. The van der Waals surface area contributed by atoms with Gasteiger partial charge < -0.3 is 10.2 Å². The normalized spacial score (nSPS) is 22.6. The highest BCUT2D eigenvalue weighted by molar-refractivity contribution is 6.05. The number of rotatable bonds is 5. The lowest BCUT2D eigenvalue weighted by atomic mass is 9.95. The summed E-state index contributed by atoms with van der Waals surface area (Å²) in [6, 6.07) is 6.01. The third-order valence-electron chi connectivity index (χ3n) is 6.97. The molecule has 2 N–H and O–H groups in total. The van der Waals surface area contributed by atoms with E-state index in [-0.39, 0.29) is 24.1 Å². The van der Waals surface area contributed by atoms with Gasteiger partial charge in [-0.1, -0.05) is 63.6 Å². The Labute approximate surface area is 198 Å². The van der Waals surface area contributed by atoms with Crippen LogP contribution in [0.5, 0.6) is 0 Å². The molecule has 0 radical (unpaired) electrons. The topological polar surface area (TPSA) is 78.5 Å². The molecule has 1 atom stereocenters. The monoisotopic (exact) mass is 455 g/mol. The van der Waals surface area contributed by atoms with E-state index < -0.39 is 6.04 Å². The number of nitrogens with one attached hydrogen (secondary N) is 2. The van der Waals surface area contributed by atoms with Gasteiger partial charge in [-0.2, -0.15) is 0 Å². The van der Waals surface area contributed by atoms with E-state index in [1.54, 1.807) is 11.0 Å². The van der Waals surface area contributed by atoms with Crippen molar-refractivity contribution >= 4 is 17.7 Å². The van der Waals surface area contributed by atoms with Crippen molar-refractivity contribution in [2.75, 3.05) is 6.54 Å². The zero-order valence-electron chi connectivity index (χ0n) is 20.6. The number of piperidine rings is 1. The molecule has 1 saturated heterocycles. The smallest absolute Gasteiger partial charge is 0.255 e. The largest absolute Gasteiger partial charge is 0.322 e. The Kier molecular flexibility index (Phi) is 9.48. The van der Waals surface area contributed by atoms with Gasteiger partial charge in [0.25, 0.3) is 5.91 Å². The van der Waals surface area contributed by atoms with Crippen molar-refractivity contribution in [1.29, 1.82) is 0 Å². The highest BCUT2D eigenvalue weighted by Gasteiger charge is 2.38. The molecule has 2 saturated carbocycles. The average molecular weight is 456 g/mol. The predicted octanol–water partition coefficient (Wildman–Crippen LogP) is 4.49. The second kappa shape index (κ2) is 12.3. The van der Waals surface area contributed by atoms with E-state index in [9.17, 15) is 14.4 Å². The second-order valence-corrected chi connectivity index (χ2v) is 9.58. The molecule has 1 aromatic rings. The van der Waals surface area contributed by atoms with Crippen molar-refractivity contribution in [3.63, 3.8) is 0 Å². The first-order valence-electron chi connectivity index (χ1n) is 13.0. The van der Waals surface area contributed by atoms with E-state index in [4.69, 9.17) is 0 Å². The fraction of sp³-hybridized carbons (Fsp3) is 0.667. The summed E-state index contributed by atoms with van der Waals surface area (Å²) < 4.78 is 0. The van der Waals surface area contributed by atoms with Gasteiger partial charge in [0.05, 0.1) is 0 Å². The Hall–Kier alpha value is -2.21. The number of hydrogen-bond acceptors (Lipinski definition) is 4. The number of hydrogen-bond donors (Lipinski definition) is 2. The molecular weight excluding hydrogens is 414 g/mol. The van der Waals surface area contributed by atoms with E-state index in [1.165, 1.54) is 57.9 Å². The summed E-state index contributed by atoms with van der Waals surface area (Å²) in [6.45, 7) is 7.71. The quantitative estimate of drug-likeness (QED) is 0.641. The SMILES string of the molecule is C1CCC(NCCC2CC2)CC1.CC.Cc1ccc2c(c1)CN(C1CCC(=O)NC1=O)C2=O. The van der Waals surface area contributed by atoms with Crippen molar-refractivity contribution < 1.29 is 14.4 Å². The number of fused-ring (bicyclic) bond motifs is 1. The van der Waals surface area contributed by atoms with Crippen molar-refractivity contribution in [2.24, 2.45) is 5.92 Å². The molecule has 3 fully saturated rings. The molecule has 1 unspecified atom stereocenters. The molecule has 6 nitrogen and oxygen atoms in total. The third kappa shape index (κ3) is 7.13. The molecule has 3 amide bonds. The average Bonchev–Trinajstić information content (AvgIpc) is 3.59. The third-order valence-corrected chi connectivity index (χ3v) is 6.97. The highest BCUT2D eigenvalue weighted by Crippen LogP contribution is 2.32. The van der Waals surface area contributed by atoms with Gasteiger partial charge in [0, 0.05) is 24.6 Å². The lowest BCUT2D eigenvalue weighted by Gasteiger charge is -2.29. The highest BCUT2D eigenvalue weighted by atomic mass is 16.2. The number of carbonyl (C=O) groups excluding carboxylic acids is 3. The van der Waals surface area contributed by atoms with Gasteiger partial charge in [0.15, 0.2) is 0 Å². The Bertz CT molecular complexity index is 828. The molecule has 0 spiro atoms. The maximum Gasteiger partial charge on any atom is 0.255 e. The minimum absolute atomic E-state index is 0.121. The lowest BCUT2D eigenvalue weighted by molar-refractivity contribution is -0.136. The molecule has 2 aliphatic carbocycles. The van der Waals surface area contributed by atoms with Crippen molar-refractivity contribution in [3.8, 4) is 0 Å². The van der Waals surface area contributed by atoms with Gasteiger partial charge in [0.2, 0.25) is 11.8 Å². The van der Waals surface area contributed by atoms with Gasteiger partial charge in [-0.25, -0.2) is 0 Å². The van der Waals surface area contributed by atoms with E-state index in [2.05, 4.69) is 10.6 Å². The van der Waals surface area contributed by atoms with Crippen LogP contribution in [0.1, 0.15) is 99.5 Å². The van der Waals surface area contributed by atoms with Gasteiger partial charge in [-0.3, -0.25) is 19.7 Å². The van der Waals surface area contributed by atoms with Crippen LogP contribution in [0.2, 0.25) is 0 Å². The summed E-state index contributed by atoms with van der Waals surface area (Å²) in [6.07, 6.45) is 12.4. The second-order valence-electron chi connectivity index (χ2n) is 9.58. The van der Waals surface area contributed by atoms with Crippen LogP contribution in [0.15, 0.2) is 18.2 Å². The minimum atomic E-state index is -0.530. The zero-order chi connectivity index (χ0) is 23.8. The fourth-order valence-electron chi connectivity index (χ4n) is 4.91. The Morgan fingerprint density at radius 2 is 1.73 bits per heavy atom. The van der Waals surface area contributed by atoms with Gasteiger partial charge in [-0.05, 0) is 56.7 Å². The number of amides is 3. The molecule has 0 aromatic heterocycles. The van der Waals surface area contributed by atoms with Crippen LogP contribution in [0.25, 0.3) is 0 Å². The minimum Gasteiger partial charge on any atom is -0.322 e. The number of carbonyl (C=O) groups is 3. The van der Waals surface area contributed by atoms with Crippen LogP contribution in [0, 0.1) is 12.8 Å². The zero-order valence-corrected chi connectivity index (χ0v) is 20.6. The molecule has 5 rings (SSSR count). The van der Waals surface area contributed by atoms with Gasteiger partial charge in [0.1, 0.15) is 6.04 Å². The molecule has 6 heteroatoms. The van der Waals surface area contributed by atoms with Crippen molar-refractivity contribution in [1.82, 2.24) is 15.5 Å². The summed E-state index contributed by atoms with van der Waals surface area (Å²) in [5, 5.41) is 5.99. The molecule has 0 bridgehead atoms. The Morgan fingerprint density at radius 3 is 2.39 bits per heavy atom. The molecule has 2 heterocycles. The predicted molar refractivity (Wildman–Crippen MR) is 131 cm³/mol. The maximum atomic E-state index is 12.3. The molecule has 4 aliphatic rings. The van der Waals surface area contributed by atoms with Crippen LogP contribution in [0.3, 0.4) is 0 Å². The van der Waals surface area contributed by atoms with Gasteiger partial charge >= 0.3 is 0 Å². The molecule has 182 valence electrons. The van der Waals surface area contributed by atoms with Crippen LogP contribution < -0.4 is 10.6 Å². The molecule has 2 aliphatic heterocycles. The fourth-order valence-corrected chi connectivity index (χ4v) is 4.91. The van der Waals surface area contributed by atoms with E-state index in [0.29, 0.717) is 18.5 Å². The summed E-state index contributed by atoms with van der Waals surface area (Å²) in [4.78, 5) is 36.8. The Balaban J connectivity index is 0.000000188. The number of benzene rings is 1. The molecule has 1 aromatic carbocycles. The number of imide groups is 1. The molecular formula is C27H41N3O3. The van der Waals surface area contributed by atoms with Gasteiger partial charge in [-0.15, -0.1) is 0 Å². The standard InChI is InChI=1S/C14H14N2O3.C11H21N.C2H6/c1-8-2-3-10-9(6-8)7-16(14(10)19)11-4-5-12(17)15-13(11)18;1-2-4-11(5-3-1)12-9-8-10-6-7-10;1-2/h2-3,6,11H,4-5,7H2,1H3,(H,15,17,18);10-12H,1-9H2;1-2H3. The van der Waals surface area contributed by atoms with E-state index in [1.807, 2.05) is 32.9 Å². The van der Waals surface area contributed by atoms with Crippen molar-refractivity contribution in [3.05, 3.63) is 34.9 Å². The summed E-state index contributed by atoms with van der Waals surface area (Å²) in [7, 11) is 0. The summed E-state index contributed by atoms with van der Waals surface area (Å²) >= 11 is 0. The first kappa shape index (κ1) is 25.4. The first-order valence-corrected chi connectivity index (χ1v) is 13.0. The van der Waals surface area contributed by atoms with Crippen LogP contribution in [-0.4, -0.2) is 41.2 Å². The van der Waals surface area contributed by atoms with E-state index >= 15 is 0 Å². The van der Waals surface area contributed by atoms with Crippen molar-refractivity contribution in [2.45, 2.75) is 104 Å². The number of aryl methyl sites for hydroxylation is 1. The Morgan fingerprint density at radius 1 is 1.00 bits per heavy atom. The first-order chi connectivity index (χ1) is 16.0. The van der Waals surface area contributed by atoms with Crippen LogP contribution in [0.4, 0.5) is 0 Å². The van der Waals surface area contributed by atoms with E-state index in [0.717, 1.165) is 23.1 Å². The van der Waals surface area contributed by atoms with Crippen LogP contribution >= 0.6 is 0 Å². The van der Waals surface area contributed by atoms with Crippen LogP contribution in [-0.2, 0) is 16.1 Å². The molecule has 33 heavy (non-hydrogen) atoms. The summed E-state index contributed by atoms with van der Waals surface area (Å²) in [5.41, 5.74) is 2.71. The summed E-state index contributed by atoms with van der Waals surface area (Å²) in [5.74, 6) is 0.348. The lowest BCUT2D eigenvalue weighted by Crippen LogP contribution is -2.52.